The van der Waals surface area contributed by atoms with E-state index in [4.69, 9.17) is 0 Å². The van der Waals surface area contributed by atoms with Crippen molar-refractivity contribution in [2.45, 2.75) is 71.3 Å². The summed E-state index contributed by atoms with van der Waals surface area (Å²) in [6.45, 7) is 7.48. The van der Waals surface area contributed by atoms with Gasteiger partial charge in [0.25, 0.3) is 0 Å². The van der Waals surface area contributed by atoms with Gasteiger partial charge in [0.05, 0.1) is 0 Å². The number of piperidine rings is 1. The van der Waals surface area contributed by atoms with E-state index >= 15 is 0 Å². The quantitative estimate of drug-likeness (QED) is 0.829. The van der Waals surface area contributed by atoms with E-state index in [0.29, 0.717) is 6.61 Å². The first-order valence-electron chi connectivity index (χ1n) is 8.04. The average molecular weight is 253 g/mol. The summed E-state index contributed by atoms with van der Waals surface area (Å²) in [4.78, 5) is 2.69. The van der Waals surface area contributed by atoms with E-state index in [1.165, 1.54) is 57.9 Å². The maximum absolute atomic E-state index is 9.89. The predicted molar refractivity (Wildman–Crippen MR) is 76.7 cm³/mol. The summed E-state index contributed by atoms with van der Waals surface area (Å²) >= 11 is 0. The van der Waals surface area contributed by atoms with Crippen LogP contribution in [-0.2, 0) is 0 Å². The molecule has 1 saturated carbocycles. The van der Waals surface area contributed by atoms with Crippen LogP contribution < -0.4 is 0 Å². The molecule has 0 aromatic heterocycles. The topological polar surface area (TPSA) is 23.5 Å². The zero-order chi connectivity index (χ0) is 13.0. The second-order valence-corrected chi connectivity index (χ2v) is 6.87. The Balaban J connectivity index is 1.96. The van der Waals surface area contributed by atoms with Gasteiger partial charge in [0.15, 0.2) is 0 Å². The predicted octanol–water partition coefficient (Wildman–Crippen LogP) is 3.44. The van der Waals surface area contributed by atoms with Gasteiger partial charge in [-0.2, -0.15) is 0 Å². The summed E-state index contributed by atoms with van der Waals surface area (Å²) in [5.41, 5.74) is 0.220. The Morgan fingerprint density at radius 3 is 2.50 bits per heavy atom. The molecule has 18 heavy (non-hydrogen) atoms. The van der Waals surface area contributed by atoms with Gasteiger partial charge in [0, 0.05) is 24.6 Å². The molecule has 2 rings (SSSR count). The Bertz CT molecular complexity index is 245. The van der Waals surface area contributed by atoms with Crippen molar-refractivity contribution in [1.29, 1.82) is 0 Å². The van der Waals surface area contributed by atoms with Crippen LogP contribution in [0.25, 0.3) is 0 Å². The van der Waals surface area contributed by atoms with Crippen molar-refractivity contribution in [1.82, 2.24) is 4.90 Å². The van der Waals surface area contributed by atoms with Crippen LogP contribution in [-0.4, -0.2) is 35.7 Å². The highest BCUT2D eigenvalue weighted by Gasteiger charge is 2.37. The molecule has 2 fully saturated rings. The molecular weight excluding hydrogens is 222 g/mol. The molecule has 0 bridgehead atoms. The Hall–Kier alpha value is -0.0800. The van der Waals surface area contributed by atoms with Crippen molar-refractivity contribution in [2.24, 2.45) is 11.3 Å². The van der Waals surface area contributed by atoms with Crippen molar-refractivity contribution in [3.05, 3.63) is 0 Å². The molecule has 1 atom stereocenters. The third-order valence-electron chi connectivity index (χ3n) is 5.43. The first-order valence-corrected chi connectivity index (χ1v) is 8.04. The molecule has 1 N–H and O–H groups in total. The van der Waals surface area contributed by atoms with E-state index in [2.05, 4.69) is 18.7 Å². The molecule has 2 nitrogen and oxygen atoms in total. The highest BCUT2D eigenvalue weighted by atomic mass is 16.3. The van der Waals surface area contributed by atoms with Crippen LogP contribution in [0.4, 0.5) is 0 Å². The first kappa shape index (κ1) is 14.3. The van der Waals surface area contributed by atoms with Gasteiger partial charge in [0.1, 0.15) is 0 Å². The molecule has 0 aromatic carbocycles. The number of rotatable bonds is 4. The largest absolute Gasteiger partial charge is 0.396 e. The lowest BCUT2D eigenvalue weighted by atomic mass is 9.70. The minimum absolute atomic E-state index is 0.220. The van der Waals surface area contributed by atoms with Gasteiger partial charge in [-0.1, -0.05) is 33.1 Å². The molecule has 1 aliphatic carbocycles. The summed E-state index contributed by atoms with van der Waals surface area (Å²) in [5, 5.41) is 9.89. The molecule has 1 unspecified atom stereocenters. The molecule has 0 aromatic rings. The van der Waals surface area contributed by atoms with Gasteiger partial charge in [-0.05, 0) is 44.6 Å². The summed E-state index contributed by atoms with van der Waals surface area (Å²) in [5.74, 6) is 0.869. The lowest BCUT2D eigenvalue weighted by Crippen LogP contribution is -2.48. The van der Waals surface area contributed by atoms with E-state index in [1.54, 1.807) is 0 Å². The summed E-state index contributed by atoms with van der Waals surface area (Å²) in [6.07, 6.45) is 10.5. The molecule has 2 aliphatic rings. The SMILES string of the molecule is CCC1CCCCN1CC1(CO)CCC(C)CC1. The molecule has 1 heterocycles. The minimum Gasteiger partial charge on any atom is -0.396 e. The van der Waals surface area contributed by atoms with Crippen molar-refractivity contribution in [2.75, 3.05) is 19.7 Å². The Morgan fingerprint density at radius 2 is 1.89 bits per heavy atom. The molecule has 2 heteroatoms. The van der Waals surface area contributed by atoms with E-state index in [9.17, 15) is 5.11 Å². The van der Waals surface area contributed by atoms with E-state index in [-0.39, 0.29) is 5.41 Å². The van der Waals surface area contributed by atoms with Crippen molar-refractivity contribution >= 4 is 0 Å². The van der Waals surface area contributed by atoms with Crippen LogP contribution in [0.15, 0.2) is 0 Å². The third kappa shape index (κ3) is 3.27. The van der Waals surface area contributed by atoms with Crippen LogP contribution in [0, 0.1) is 11.3 Å². The molecule has 106 valence electrons. The standard InChI is InChI=1S/C16H31NO/c1-3-15-6-4-5-11-17(15)12-16(13-18)9-7-14(2)8-10-16/h14-15,18H,3-13H2,1-2H3. The van der Waals surface area contributed by atoms with Gasteiger partial charge >= 0.3 is 0 Å². The second-order valence-electron chi connectivity index (χ2n) is 6.87. The number of aliphatic hydroxyl groups is 1. The number of likely N-dealkylation sites (tertiary alicyclic amines) is 1. The lowest BCUT2D eigenvalue weighted by molar-refractivity contribution is 0.00508. The van der Waals surface area contributed by atoms with Gasteiger partial charge in [0.2, 0.25) is 0 Å². The normalized spacial score (nSPS) is 38.8. The van der Waals surface area contributed by atoms with Crippen LogP contribution in [0.5, 0.6) is 0 Å². The van der Waals surface area contributed by atoms with Crippen LogP contribution in [0.3, 0.4) is 0 Å². The molecule has 0 radical (unpaired) electrons. The summed E-state index contributed by atoms with van der Waals surface area (Å²) in [7, 11) is 0. The molecule has 0 amide bonds. The minimum atomic E-state index is 0.220. The maximum Gasteiger partial charge on any atom is 0.0499 e. The number of aliphatic hydroxyl groups excluding tert-OH is 1. The van der Waals surface area contributed by atoms with Gasteiger partial charge in [-0.3, -0.25) is 4.90 Å². The highest BCUT2D eigenvalue weighted by Crippen LogP contribution is 2.40. The number of hydrogen-bond acceptors (Lipinski definition) is 2. The van der Waals surface area contributed by atoms with Crippen molar-refractivity contribution in [3.63, 3.8) is 0 Å². The Labute approximate surface area is 113 Å². The van der Waals surface area contributed by atoms with Crippen LogP contribution in [0.2, 0.25) is 0 Å². The van der Waals surface area contributed by atoms with E-state index in [0.717, 1.165) is 18.5 Å². The molecule has 1 saturated heterocycles. The van der Waals surface area contributed by atoms with Crippen LogP contribution in [0.1, 0.15) is 65.2 Å². The second kappa shape index (κ2) is 6.38. The first-order chi connectivity index (χ1) is 8.69. The zero-order valence-electron chi connectivity index (χ0n) is 12.3. The summed E-state index contributed by atoms with van der Waals surface area (Å²) < 4.78 is 0. The number of hydrogen-bond donors (Lipinski definition) is 1. The highest BCUT2D eigenvalue weighted by molar-refractivity contribution is 4.89. The van der Waals surface area contributed by atoms with Gasteiger partial charge in [-0.25, -0.2) is 0 Å². The summed E-state index contributed by atoms with van der Waals surface area (Å²) in [6, 6.07) is 0.779. The van der Waals surface area contributed by atoms with Crippen molar-refractivity contribution < 1.29 is 5.11 Å². The fourth-order valence-electron chi connectivity index (χ4n) is 3.90. The Morgan fingerprint density at radius 1 is 1.17 bits per heavy atom. The smallest absolute Gasteiger partial charge is 0.0499 e. The maximum atomic E-state index is 9.89. The fraction of sp³-hybridized carbons (Fsp3) is 1.00. The van der Waals surface area contributed by atoms with Gasteiger partial charge in [-0.15, -0.1) is 0 Å². The molecular formula is C16H31NO. The van der Waals surface area contributed by atoms with Crippen molar-refractivity contribution in [3.8, 4) is 0 Å². The average Bonchev–Trinajstić information content (AvgIpc) is 2.42. The lowest BCUT2D eigenvalue weighted by Gasteiger charge is -2.45. The number of nitrogens with zero attached hydrogens (tertiary/aromatic N) is 1. The van der Waals surface area contributed by atoms with Gasteiger partial charge < -0.3 is 5.11 Å². The fourth-order valence-corrected chi connectivity index (χ4v) is 3.90. The van der Waals surface area contributed by atoms with E-state index in [1.807, 2.05) is 0 Å². The Kier molecular flexibility index (Phi) is 5.08. The third-order valence-corrected chi connectivity index (χ3v) is 5.43. The monoisotopic (exact) mass is 253 g/mol. The zero-order valence-corrected chi connectivity index (χ0v) is 12.3. The van der Waals surface area contributed by atoms with E-state index < -0.39 is 0 Å². The molecule has 0 spiro atoms. The van der Waals surface area contributed by atoms with Crippen LogP contribution >= 0.6 is 0 Å². The molecule has 1 aliphatic heterocycles.